The molecule has 0 spiro atoms. The molecular formula is C12H15F2N5O4. The van der Waals surface area contributed by atoms with Crippen LogP contribution in [-0.2, 0) is 0 Å². The number of carboxylic acid groups (broad SMARTS) is 1. The van der Waals surface area contributed by atoms with E-state index in [1.807, 2.05) is 0 Å². The van der Waals surface area contributed by atoms with Gasteiger partial charge in [0.15, 0.2) is 0 Å². The van der Waals surface area contributed by atoms with Gasteiger partial charge in [0.1, 0.15) is 6.20 Å². The zero-order valence-corrected chi connectivity index (χ0v) is 12.1. The molecule has 2 heterocycles. The van der Waals surface area contributed by atoms with E-state index in [0.717, 1.165) is 19.0 Å². The highest BCUT2D eigenvalue weighted by Crippen LogP contribution is 2.41. The largest absolute Gasteiger partial charge is 0.465 e. The normalized spacial score (nSPS) is 21.1. The van der Waals surface area contributed by atoms with Gasteiger partial charge in [0, 0.05) is 13.1 Å². The topological polar surface area (TPSA) is 105 Å². The van der Waals surface area contributed by atoms with E-state index < -0.39 is 30.0 Å². The van der Waals surface area contributed by atoms with Gasteiger partial charge in [0.05, 0.1) is 24.1 Å². The lowest BCUT2D eigenvalue weighted by Gasteiger charge is -2.25. The molecule has 0 unspecified atom stereocenters. The molecule has 23 heavy (non-hydrogen) atoms. The fourth-order valence-electron chi connectivity index (χ4n) is 2.72. The summed E-state index contributed by atoms with van der Waals surface area (Å²) in [7, 11) is 0. The van der Waals surface area contributed by atoms with E-state index in [0.29, 0.717) is 4.90 Å². The molecule has 0 radical (unpaired) electrons. The van der Waals surface area contributed by atoms with Gasteiger partial charge in [-0.05, 0) is 12.8 Å². The minimum atomic E-state index is -3.30. The smallest absolute Gasteiger partial charge is 0.407 e. The zero-order chi connectivity index (χ0) is 16.8. The molecule has 126 valence electrons. The van der Waals surface area contributed by atoms with Crippen LogP contribution in [-0.4, -0.2) is 62.9 Å². The summed E-state index contributed by atoms with van der Waals surface area (Å²) in [5.41, 5.74) is -0.337. The number of alkyl halides is 2. The van der Waals surface area contributed by atoms with E-state index in [-0.39, 0.29) is 30.6 Å². The molecule has 1 aliphatic carbocycles. The van der Waals surface area contributed by atoms with Crippen LogP contribution in [0.4, 0.5) is 25.1 Å². The Morgan fingerprint density at radius 3 is 2.65 bits per heavy atom. The maximum Gasteiger partial charge on any atom is 0.407 e. The first-order chi connectivity index (χ1) is 10.8. The summed E-state index contributed by atoms with van der Waals surface area (Å²) < 4.78 is 29.5. The van der Waals surface area contributed by atoms with Crippen molar-refractivity contribution in [3.8, 4) is 0 Å². The summed E-state index contributed by atoms with van der Waals surface area (Å²) >= 11 is 0. The van der Waals surface area contributed by atoms with Crippen molar-refractivity contribution >= 4 is 17.6 Å². The summed E-state index contributed by atoms with van der Waals surface area (Å²) in [5.74, 6) is -3.27. The van der Waals surface area contributed by atoms with Gasteiger partial charge in [-0.2, -0.15) is 5.10 Å². The second-order valence-corrected chi connectivity index (χ2v) is 5.77. The SMILES string of the molecule is O=C(O)N1CCN(c2c([N+](=O)[O-])cnn2C2CC2)CC(F)(F)C1. The van der Waals surface area contributed by atoms with Crippen LogP contribution >= 0.6 is 0 Å². The van der Waals surface area contributed by atoms with Crippen molar-refractivity contribution in [2.75, 3.05) is 31.1 Å². The monoisotopic (exact) mass is 331 g/mol. The van der Waals surface area contributed by atoms with Crippen LogP contribution in [0.3, 0.4) is 0 Å². The molecule has 1 amide bonds. The number of anilines is 1. The van der Waals surface area contributed by atoms with Crippen molar-refractivity contribution in [3.05, 3.63) is 16.3 Å². The molecule has 1 aromatic heterocycles. The van der Waals surface area contributed by atoms with E-state index in [2.05, 4.69) is 5.10 Å². The minimum absolute atomic E-state index is 0.0221. The Hall–Kier alpha value is -2.46. The molecule has 0 bridgehead atoms. The van der Waals surface area contributed by atoms with Gasteiger partial charge in [-0.3, -0.25) is 10.1 Å². The zero-order valence-electron chi connectivity index (χ0n) is 12.1. The molecule has 1 saturated carbocycles. The van der Waals surface area contributed by atoms with Crippen molar-refractivity contribution < 1.29 is 23.6 Å². The molecule has 9 nitrogen and oxygen atoms in total. The van der Waals surface area contributed by atoms with Gasteiger partial charge in [-0.15, -0.1) is 0 Å². The first kappa shape index (κ1) is 15.4. The lowest BCUT2D eigenvalue weighted by Crippen LogP contribution is -2.41. The number of amides is 1. The molecule has 11 heteroatoms. The average molecular weight is 331 g/mol. The van der Waals surface area contributed by atoms with E-state index in [9.17, 15) is 23.7 Å². The third-order valence-electron chi connectivity index (χ3n) is 3.89. The van der Waals surface area contributed by atoms with E-state index in [1.54, 1.807) is 0 Å². The van der Waals surface area contributed by atoms with Gasteiger partial charge < -0.3 is 14.9 Å². The molecule has 1 saturated heterocycles. The number of nitro groups is 1. The standard InChI is InChI=1S/C12H15F2N5O4/c13-12(14)6-16(3-4-17(7-12)11(20)21)10-9(19(22)23)5-15-18(10)8-1-2-8/h5,8H,1-4,6-7H2,(H,20,21). The summed E-state index contributed by atoms with van der Waals surface area (Å²) in [6.07, 6.45) is 1.21. The number of hydrogen-bond donors (Lipinski definition) is 1. The third-order valence-corrected chi connectivity index (χ3v) is 3.89. The summed E-state index contributed by atoms with van der Waals surface area (Å²) in [6.45, 7) is -1.92. The number of carbonyl (C=O) groups is 1. The third kappa shape index (κ3) is 3.03. The van der Waals surface area contributed by atoms with Gasteiger partial charge in [-0.1, -0.05) is 0 Å². The van der Waals surface area contributed by atoms with Crippen molar-refractivity contribution in [2.24, 2.45) is 0 Å². The summed E-state index contributed by atoms with van der Waals surface area (Å²) in [5, 5.41) is 24.1. The molecule has 1 aliphatic heterocycles. The van der Waals surface area contributed by atoms with Gasteiger partial charge in [0.25, 0.3) is 5.92 Å². The number of rotatable bonds is 3. The second-order valence-electron chi connectivity index (χ2n) is 5.77. The Morgan fingerprint density at radius 2 is 2.09 bits per heavy atom. The molecule has 1 N–H and O–H groups in total. The van der Waals surface area contributed by atoms with E-state index in [4.69, 9.17) is 5.11 Å². The minimum Gasteiger partial charge on any atom is -0.465 e. The second kappa shape index (κ2) is 5.32. The van der Waals surface area contributed by atoms with Crippen molar-refractivity contribution in [3.63, 3.8) is 0 Å². The highest BCUT2D eigenvalue weighted by molar-refractivity contribution is 5.66. The first-order valence-electron chi connectivity index (χ1n) is 7.11. The first-order valence-corrected chi connectivity index (χ1v) is 7.11. The van der Waals surface area contributed by atoms with Crippen LogP contribution < -0.4 is 4.90 Å². The molecule has 2 aliphatic rings. The highest BCUT2D eigenvalue weighted by atomic mass is 19.3. The van der Waals surface area contributed by atoms with Gasteiger partial charge >= 0.3 is 11.8 Å². The fourth-order valence-corrected chi connectivity index (χ4v) is 2.72. The Bertz CT molecular complexity index is 645. The molecular weight excluding hydrogens is 316 g/mol. The quantitative estimate of drug-likeness (QED) is 0.666. The predicted molar refractivity (Wildman–Crippen MR) is 73.9 cm³/mol. The molecule has 0 aromatic carbocycles. The van der Waals surface area contributed by atoms with Crippen molar-refractivity contribution in [2.45, 2.75) is 24.8 Å². The number of hydrogen-bond acceptors (Lipinski definition) is 5. The highest BCUT2D eigenvalue weighted by Gasteiger charge is 2.42. The maximum atomic E-state index is 14.1. The summed E-state index contributed by atoms with van der Waals surface area (Å²) in [4.78, 5) is 23.3. The average Bonchev–Trinajstić information content (AvgIpc) is 3.21. The van der Waals surface area contributed by atoms with Crippen molar-refractivity contribution in [1.29, 1.82) is 0 Å². The van der Waals surface area contributed by atoms with Crippen LogP contribution in [0.1, 0.15) is 18.9 Å². The van der Waals surface area contributed by atoms with Gasteiger partial charge in [-0.25, -0.2) is 18.3 Å². The molecule has 2 fully saturated rings. The Morgan fingerprint density at radius 1 is 1.39 bits per heavy atom. The van der Waals surface area contributed by atoms with Gasteiger partial charge in [0.2, 0.25) is 5.82 Å². The fraction of sp³-hybridized carbons (Fsp3) is 0.667. The summed E-state index contributed by atoms with van der Waals surface area (Å²) in [6, 6.07) is -0.0221. The number of aromatic nitrogens is 2. The number of nitrogens with zero attached hydrogens (tertiary/aromatic N) is 5. The Labute approximate surface area is 129 Å². The molecule has 3 rings (SSSR count). The lowest BCUT2D eigenvalue weighted by atomic mass is 10.3. The predicted octanol–water partition coefficient (Wildman–Crippen LogP) is 1.56. The van der Waals surface area contributed by atoms with Crippen LogP contribution in [0.2, 0.25) is 0 Å². The maximum absolute atomic E-state index is 14.1. The molecule has 1 aromatic rings. The van der Waals surface area contributed by atoms with Crippen LogP contribution in [0.5, 0.6) is 0 Å². The lowest BCUT2D eigenvalue weighted by molar-refractivity contribution is -0.384. The Kier molecular flexibility index (Phi) is 3.57. The molecule has 0 atom stereocenters. The van der Waals surface area contributed by atoms with Crippen LogP contribution in [0.15, 0.2) is 6.20 Å². The van der Waals surface area contributed by atoms with E-state index in [1.165, 1.54) is 9.58 Å². The number of halogens is 2. The van der Waals surface area contributed by atoms with Crippen molar-refractivity contribution in [1.82, 2.24) is 14.7 Å². The van der Waals surface area contributed by atoms with E-state index >= 15 is 0 Å². The Balaban J connectivity index is 1.96. The van der Waals surface area contributed by atoms with Crippen LogP contribution in [0.25, 0.3) is 0 Å². The van der Waals surface area contributed by atoms with Crippen LogP contribution in [0, 0.1) is 10.1 Å².